The molecule has 0 bridgehead atoms. The van der Waals surface area contributed by atoms with Crippen LogP contribution in [0.4, 0.5) is 5.69 Å². The van der Waals surface area contributed by atoms with Gasteiger partial charge in [-0.05, 0) is 40.2 Å². The van der Waals surface area contributed by atoms with Crippen LogP contribution in [0.25, 0.3) is 0 Å². The van der Waals surface area contributed by atoms with Gasteiger partial charge in [-0.2, -0.15) is 0 Å². The van der Waals surface area contributed by atoms with Gasteiger partial charge in [0.25, 0.3) is 5.91 Å². The molecule has 0 radical (unpaired) electrons. The predicted octanol–water partition coefficient (Wildman–Crippen LogP) is 4.35. The van der Waals surface area contributed by atoms with Crippen molar-refractivity contribution in [2.45, 2.75) is 0 Å². The predicted molar refractivity (Wildman–Crippen MR) is 77.5 cm³/mol. The van der Waals surface area contributed by atoms with Gasteiger partial charge < -0.3 is 9.88 Å². The Labute approximate surface area is 123 Å². The summed E-state index contributed by atoms with van der Waals surface area (Å²) < 4.78 is 2.58. The zero-order valence-electron chi connectivity index (χ0n) is 9.38. The first-order valence-electron chi connectivity index (χ1n) is 5.05. The lowest BCUT2D eigenvalue weighted by Crippen LogP contribution is -2.15. The molecule has 0 saturated carbocycles. The minimum Gasteiger partial charge on any atom is -0.345 e. The molecule has 0 aliphatic carbocycles. The highest BCUT2D eigenvalue weighted by Crippen LogP contribution is 2.25. The monoisotopic (exact) mass is 346 g/mol. The second kappa shape index (κ2) is 5.34. The number of rotatable bonds is 2. The molecule has 3 nitrogen and oxygen atoms in total. The molecule has 0 aliphatic heterocycles. The number of halogens is 3. The van der Waals surface area contributed by atoms with E-state index in [9.17, 15) is 4.79 Å². The van der Waals surface area contributed by atoms with Gasteiger partial charge in [-0.25, -0.2) is 0 Å². The number of nitrogens with one attached hydrogen (secondary N) is 1. The number of amides is 1. The third-order valence-electron chi connectivity index (χ3n) is 2.38. The number of carbonyl (C=O) groups excluding carboxylic acids is 1. The highest BCUT2D eigenvalue weighted by molar-refractivity contribution is 9.10. The second-order valence-corrected chi connectivity index (χ2v) is 5.47. The summed E-state index contributed by atoms with van der Waals surface area (Å²) in [5, 5.41) is 3.62. The zero-order valence-corrected chi connectivity index (χ0v) is 12.5. The van der Waals surface area contributed by atoms with Gasteiger partial charge in [-0.15, -0.1) is 0 Å². The number of nitrogens with zero attached hydrogens (tertiary/aromatic N) is 1. The van der Waals surface area contributed by atoms with Crippen molar-refractivity contribution < 1.29 is 4.79 Å². The van der Waals surface area contributed by atoms with Gasteiger partial charge in [0, 0.05) is 23.4 Å². The Morgan fingerprint density at radius 1 is 1.28 bits per heavy atom. The Balaban J connectivity index is 2.21. The largest absolute Gasteiger partial charge is 0.345 e. The van der Waals surface area contributed by atoms with Gasteiger partial charge >= 0.3 is 0 Å². The minimum absolute atomic E-state index is 0.207. The van der Waals surface area contributed by atoms with Crippen LogP contribution in [-0.4, -0.2) is 10.5 Å². The molecule has 0 saturated heterocycles. The molecule has 94 valence electrons. The molecular weight excluding hydrogens is 339 g/mol. The lowest BCUT2D eigenvalue weighted by atomic mass is 10.3. The van der Waals surface area contributed by atoms with Gasteiger partial charge in [-0.3, -0.25) is 4.79 Å². The maximum Gasteiger partial charge on any atom is 0.272 e. The molecule has 2 aromatic rings. The van der Waals surface area contributed by atoms with Crippen LogP contribution in [0, 0.1) is 0 Å². The number of hydrogen-bond acceptors (Lipinski definition) is 1. The minimum atomic E-state index is -0.207. The number of anilines is 1. The Hall–Kier alpha value is -0.970. The average Bonchev–Trinajstić information content (AvgIpc) is 2.63. The molecule has 1 heterocycles. The van der Waals surface area contributed by atoms with Crippen LogP contribution in [-0.2, 0) is 7.05 Å². The van der Waals surface area contributed by atoms with Crippen molar-refractivity contribution in [1.82, 2.24) is 4.57 Å². The van der Waals surface area contributed by atoms with Crippen molar-refractivity contribution >= 4 is 50.7 Å². The Morgan fingerprint density at radius 3 is 2.56 bits per heavy atom. The summed E-state index contributed by atoms with van der Waals surface area (Å²) in [4.78, 5) is 12.0. The van der Waals surface area contributed by atoms with Crippen molar-refractivity contribution in [2.24, 2.45) is 7.05 Å². The Kier molecular flexibility index (Phi) is 4.00. The summed E-state index contributed by atoms with van der Waals surface area (Å²) in [7, 11) is 1.80. The third kappa shape index (κ3) is 2.88. The van der Waals surface area contributed by atoms with Crippen molar-refractivity contribution in [1.29, 1.82) is 0 Å². The molecular formula is C12H9BrCl2N2O. The topological polar surface area (TPSA) is 34.0 Å². The normalized spacial score (nSPS) is 10.4. The quantitative estimate of drug-likeness (QED) is 0.861. The molecule has 0 spiro atoms. The molecule has 0 fully saturated rings. The molecule has 1 aromatic carbocycles. The summed E-state index contributed by atoms with van der Waals surface area (Å²) in [6, 6.07) is 6.69. The van der Waals surface area contributed by atoms with E-state index >= 15 is 0 Å². The molecule has 0 unspecified atom stereocenters. The fraction of sp³-hybridized carbons (Fsp3) is 0.0833. The van der Waals surface area contributed by atoms with Crippen LogP contribution >= 0.6 is 39.1 Å². The summed E-state index contributed by atoms with van der Waals surface area (Å²) >= 11 is 15.0. The number of benzene rings is 1. The van der Waals surface area contributed by atoms with Crippen molar-refractivity contribution in [3.05, 3.63) is 50.7 Å². The molecule has 0 atom stereocenters. The van der Waals surface area contributed by atoms with Gasteiger partial charge in [0.1, 0.15) is 5.69 Å². The summed E-state index contributed by atoms with van der Waals surface area (Å²) in [6.45, 7) is 0. The van der Waals surface area contributed by atoms with E-state index in [0.717, 1.165) is 4.47 Å². The van der Waals surface area contributed by atoms with E-state index in [1.54, 1.807) is 35.9 Å². The van der Waals surface area contributed by atoms with Crippen LogP contribution in [0.1, 0.15) is 10.5 Å². The molecule has 1 aromatic heterocycles. The number of aromatic nitrogens is 1. The first kappa shape index (κ1) is 13.5. The molecule has 18 heavy (non-hydrogen) atoms. The number of hydrogen-bond donors (Lipinski definition) is 1. The van der Waals surface area contributed by atoms with Crippen LogP contribution < -0.4 is 5.32 Å². The number of aryl methyl sites for hydroxylation is 1. The Bertz CT molecular complexity index is 610. The summed E-state index contributed by atoms with van der Waals surface area (Å²) in [6.07, 6.45) is 1.81. The van der Waals surface area contributed by atoms with Crippen LogP contribution in [0.2, 0.25) is 10.0 Å². The molecule has 0 aliphatic rings. The second-order valence-electron chi connectivity index (χ2n) is 3.74. The van der Waals surface area contributed by atoms with Gasteiger partial charge in [0.2, 0.25) is 0 Å². The maximum absolute atomic E-state index is 12.0. The molecule has 2 rings (SSSR count). The van der Waals surface area contributed by atoms with E-state index in [-0.39, 0.29) is 5.91 Å². The van der Waals surface area contributed by atoms with Crippen LogP contribution in [0.3, 0.4) is 0 Å². The highest BCUT2D eigenvalue weighted by Gasteiger charge is 2.11. The highest BCUT2D eigenvalue weighted by atomic mass is 79.9. The maximum atomic E-state index is 12.0. The zero-order chi connectivity index (χ0) is 13.3. The summed E-state index contributed by atoms with van der Waals surface area (Å²) in [5.41, 5.74) is 1.15. The first-order chi connectivity index (χ1) is 8.47. The van der Waals surface area contributed by atoms with Gasteiger partial charge in [0.15, 0.2) is 0 Å². The third-order valence-corrected chi connectivity index (χ3v) is 3.55. The van der Waals surface area contributed by atoms with Gasteiger partial charge in [-0.1, -0.05) is 23.2 Å². The van der Waals surface area contributed by atoms with Crippen LogP contribution in [0.15, 0.2) is 34.9 Å². The van der Waals surface area contributed by atoms with Crippen molar-refractivity contribution in [3.8, 4) is 0 Å². The molecule has 1 amide bonds. The standard InChI is InChI=1S/C12H9BrCl2N2O/c1-17-6-7(13)4-11(17)12(18)16-8-2-3-9(14)10(15)5-8/h2-6H,1H3,(H,16,18). The lowest BCUT2D eigenvalue weighted by Gasteiger charge is -2.06. The first-order valence-corrected chi connectivity index (χ1v) is 6.60. The fourth-order valence-corrected chi connectivity index (χ4v) is 2.34. The van der Waals surface area contributed by atoms with E-state index in [1.807, 2.05) is 6.20 Å². The van der Waals surface area contributed by atoms with Crippen LogP contribution in [0.5, 0.6) is 0 Å². The van der Waals surface area contributed by atoms with E-state index in [0.29, 0.717) is 21.4 Å². The van der Waals surface area contributed by atoms with Crippen molar-refractivity contribution in [3.63, 3.8) is 0 Å². The molecule has 6 heteroatoms. The van der Waals surface area contributed by atoms with Crippen molar-refractivity contribution in [2.75, 3.05) is 5.32 Å². The smallest absolute Gasteiger partial charge is 0.272 e. The van der Waals surface area contributed by atoms with E-state index in [2.05, 4.69) is 21.2 Å². The van der Waals surface area contributed by atoms with Gasteiger partial charge in [0.05, 0.1) is 10.0 Å². The number of carbonyl (C=O) groups is 1. The SMILES string of the molecule is Cn1cc(Br)cc1C(=O)Nc1ccc(Cl)c(Cl)c1. The molecule has 1 N–H and O–H groups in total. The fourth-order valence-electron chi connectivity index (χ4n) is 1.52. The summed E-state index contributed by atoms with van der Waals surface area (Å²) in [5.74, 6) is -0.207. The average molecular weight is 348 g/mol. The lowest BCUT2D eigenvalue weighted by molar-refractivity contribution is 0.101. The Morgan fingerprint density at radius 2 is 2.00 bits per heavy atom. The van der Waals surface area contributed by atoms with E-state index < -0.39 is 0 Å². The van der Waals surface area contributed by atoms with E-state index in [4.69, 9.17) is 23.2 Å². The van der Waals surface area contributed by atoms with E-state index in [1.165, 1.54) is 0 Å².